The lowest BCUT2D eigenvalue weighted by Gasteiger charge is -2.32. The van der Waals surface area contributed by atoms with E-state index >= 15 is 0 Å². The van der Waals surface area contributed by atoms with Gasteiger partial charge in [-0.15, -0.1) is 0 Å². The summed E-state index contributed by atoms with van der Waals surface area (Å²) >= 11 is 12.0. The molecule has 1 amide bonds. The van der Waals surface area contributed by atoms with Gasteiger partial charge in [0, 0.05) is 54.2 Å². The maximum Gasteiger partial charge on any atom is 0.254 e. The van der Waals surface area contributed by atoms with Gasteiger partial charge < -0.3 is 15.6 Å². The highest BCUT2D eigenvalue weighted by Crippen LogP contribution is 2.29. The largest absolute Gasteiger partial charge is 0.383 e. The molecule has 3 N–H and O–H groups in total. The first kappa shape index (κ1) is 18.1. The van der Waals surface area contributed by atoms with Crippen LogP contribution in [0.15, 0.2) is 23.8 Å². The third-order valence-corrected chi connectivity index (χ3v) is 5.83. The molecule has 27 heavy (non-hydrogen) atoms. The van der Waals surface area contributed by atoms with Crippen LogP contribution in [0, 0.1) is 12.3 Å². The van der Waals surface area contributed by atoms with E-state index in [1.54, 1.807) is 23.1 Å². The van der Waals surface area contributed by atoms with E-state index in [4.69, 9.17) is 28.6 Å². The van der Waals surface area contributed by atoms with Crippen molar-refractivity contribution in [3.63, 3.8) is 0 Å². The van der Waals surface area contributed by atoms with Crippen LogP contribution < -0.4 is 5.32 Å². The van der Waals surface area contributed by atoms with Crippen LogP contribution in [0.1, 0.15) is 33.7 Å². The topological polar surface area (TPSA) is 84.9 Å². The number of likely N-dealkylation sites (tertiary alicyclic amines) is 1. The summed E-state index contributed by atoms with van der Waals surface area (Å²) in [6.45, 7) is 3.67. The maximum absolute atomic E-state index is 12.9. The van der Waals surface area contributed by atoms with Crippen LogP contribution in [-0.2, 0) is 6.42 Å². The second kappa shape index (κ2) is 7.02. The van der Waals surface area contributed by atoms with Gasteiger partial charge in [0.05, 0.1) is 15.7 Å². The highest BCUT2D eigenvalue weighted by Gasteiger charge is 2.30. The fourth-order valence-electron chi connectivity index (χ4n) is 3.59. The Hall–Kier alpha value is -2.31. The Kier molecular flexibility index (Phi) is 4.70. The molecule has 6 nitrogen and oxygen atoms in total. The van der Waals surface area contributed by atoms with E-state index < -0.39 is 0 Å². The molecule has 2 aromatic rings. The molecule has 0 aliphatic carbocycles. The lowest BCUT2D eigenvalue weighted by molar-refractivity contribution is 0.0770. The number of aromatic nitrogens is 2. The zero-order valence-electron chi connectivity index (χ0n) is 14.8. The number of amides is 1. The molecule has 140 valence electrons. The first-order valence-electron chi connectivity index (χ1n) is 8.79. The summed E-state index contributed by atoms with van der Waals surface area (Å²) in [4.78, 5) is 14.7. The molecular formula is C19H19Cl2N5O. The number of halogens is 2. The van der Waals surface area contributed by atoms with Gasteiger partial charge in [-0.05, 0) is 31.5 Å². The fraction of sp³-hybridized carbons (Fsp3) is 0.316. The number of rotatable bonds is 1. The minimum Gasteiger partial charge on any atom is -0.383 e. The predicted octanol–water partition coefficient (Wildman–Crippen LogP) is 3.45. The molecule has 0 spiro atoms. The van der Waals surface area contributed by atoms with Crippen molar-refractivity contribution in [2.24, 2.45) is 0 Å². The van der Waals surface area contributed by atoms with Crippen LogP contribution in [0.3, 0.4) is 0 Å². The Morgan fingerprint density at radius 3 is 2.85 bits per heavy atom. The average molecular weight is 404 g/mol. The van der Waals surface area contributed by atoms with Crippen molar-refractivity contribution >= 4 is 40.5 Å². The van der Waals surface area contributed by atoms with Crippen molar-refractivity contribution in [1.82, 2.24) is 20.4 Å². The number of carbonyl (C=O) groups excluding carboxylic acids is 1. The molecule has 0 bridgehead atoms. The van der Waals surface area contributed by atoms with Crippen LogP contribution in [0.2, 0.25) is 10.0 Å². The zero-order valence-corrected chi connectivity index (χ0v) is 16.3. The third-order valence-electron chi connectivity index (χ3n) is 5.09. The number of nitrogens with zero attached hydrogens (tertiary/aromatic N) is 2. The summed E-state index contributed by atoms with van der Waals surface area (Å²) < 4.78 is 0. The summed E-state index contributed by atoms with van der Waals surface area (Å²) in [7, 11) is 0. The van der Waals surface area contributed by atoms with Crippen LogP contribution >= 0.6 is 23.2 Å². The molecule has 3 heterocycles. The summed E-state index contributed by atoms with van der Waals surface area (Å²) in [5.41, 5.74) is 5.81. The van der Waals surface area contributed by atoms with Crippen LogP contribution in [0.5, 0.6) is 0 Å². The molecule has 2 aliphatic rings. The number of benzene rings is 1. The Balaban J connectivity index is 1.67. The lowest BCUT2D eigenvalue weighted by Crippen LogP contribution is -2.41. The third kappa shape index (κ3) is 3.24. The number of fused-ring (bicyclic) bond motifs is 1. The summed E-state index contributed by atoms with van der Waals surface area (Å²) in [6, 6.07) is 4.90. The van der Waals surface area contributed by atoms with Crippen LogP contribution in [-0.4, -0.2) is 46.4 Å². The number of H-pyrrole nitrogens is 1. The normalized spacial score (nSPS) is 19.7. The highest BCUT2D eigenvalue weighted by molar-refractivity contribution is 6.42. The van der Waals surface area contributed by atoms with E-state index in [0.29, 0.717) is 40.8 Å². The van der Waals surface area contributed by atoms with Gasteiger partial charge in [-0.3, -0.25) is 9.89 Å². The smallest absolute Gasteiger partial charge is 0.254 e. The van der Waals surface area contributed by atoms with Gasteiger partial charge in [0.1, 0.15) is 5.69 Å². The van der Waals surface area contributed by atoms with E-state index in [9.17, 15) is 4.79 Å². The molecule has 1 saturated heterocycles. The van der Waals surface area contributed by atoms with Crippen molar-refractivity contribution in [1.29, 1.82) is 5.41 Å². The van der Waals surface area contributed by atoms with Crippen molar-refractivity contribution in [2.45, 2.75) is 19.8 Å². The van der Waals surface area contributed by atoms with Gasteiger partial charge in [-0.25, -0.2) is 0 Å². The van der Waals surface area contributed by atoms with Gasteiger partial charge in [-0.1, -0.05) is 23.2 Å². The van der Waals surface area contributed by atoms with Crippen LogP contribution in [0.25, 0.3) is 5.70 Å². The Labute approximate surface area is 167 Å². The maximum atomic E-state index is 12.9. The molecule has 0 unspecified atom stereocenters. The number of piperidine rings is 1. The Bertz CT molecular complexity index is 978. The average Bonchev–Trinajstić information content (AvgIpc) is 3.05. The van der Waals surface area contributed by atoms with E-state index in [2.05, 4.69) is 15.5 Å². The number of aryl methyl sites for hydroxylation is 1. The summed E-state index contributed by atoms with van der Waals surface area (Å²) in [6.07, 6.45) is 1.40. The molecule has 1 aromatic carbocycles. The number of nitrogens with one attached hydrogen (secondary N) is 3. The number of hydrogen-bond acceptors (Lipinski definition) is 4. The lowest BCUT2D eigenvalue weighted by atomic mass is 9.94. The van der Waals surface area contributed by atoms with Crippen molar-refractivity contribution in [2.75, 3.05) is 19.6 Å². The SMILES string of the molecule is Cc1[nH]nc2c1CCN/C2=C1/CN(C(=O)c2ccc(Cl)c(Cl)c2)CCC1=N. The van der Waals surface area contributed by atoms with E-state index in [1.807, 2.05) is 6.92 Å². The molecule has 1 aromatic heterocycles. The molecule has 1 fully saturated rings. The van der Waals surface area contributed by atoms with Gasteiger partial charge in [0.25, 0.3) is 5.91 Å². The summed E-state index contributed by atoms with van der Waals surface area (Å²) in [5.74, 6) is -0.117. The van der Waals surface area contributed by atoms with Gasteiger partial charge in [0.2, 0.25) is 0 Å². The monoisotopic (exact) mass is 403 g/mol. The van der Waals surface area contributed by atoms with E-state index in [0.717, 1.165) is 35.6 Å². The van der Waals surface area contributed by atoms with E-state index in [-0.39, 0.29) is 5.91 Å². The molecule has 8 heteroatoms. The Morgan fingerprint density at radius 1 is 1.26 bits per heavy atom. The van der Waals surface area contributed by atoms with Crippen LogP contribution in [0.4, 0.5) is 0 Å². The van der Waals surface area contributed by atoms with Gasteiger partial charge >= 0.3 is 0 Å². The number of aromatic amines is 1. The van der Waals surface area contributed by atoms with Gasteiger partial charge in [-0.2, -0.15) is 5.10 Å². The van der Waals surface area contributed by atoms with Gasteiger partial charge in [0.15, 0.2) is 0 Å². The quantitative estimate of drug-likeness (QED) is 0.681. The minimum absolute atomic E-state index is 0.117. The Morgan fingerprint density at radius 2 is 2.07 bits per heavy atom. The summed E-state index contributed by atoms with van der Waals surface area (Å²) in [5, 5.41) is 20.0. The first-order chi connectivity index (χ1) is 13.0. The number of hydrogen-bond donors (Lipinski definition) is 3. The molecule has 0 saturated carbocycles. The molecule has 0 radical (unpaired) electrons. The highest BCUT2D eigenvalue weighted by atomic mass is 35.5. The standard InChI is InChI=1S/C19H19Cl2N5O/c1-10-12-4-6-23-17(18(12)25-24-10)13-9-26(7-5-16(13)22)19(27)11-2-3-14(20)15(21)8-11/h2-3,8,22-23H,4-7,9H2,1H3,(H,24,25)/b17-13-,22-16?. The van der Waals surface area contributed by atoms with Crippen molar-refractivity contribution < 1.29 is 4.79 Å². The molecule has 4 rings (SSSR count). The fourth-order valence-corrected chi connectivity index (χ4v) is 3.89. The second-order valence-corrected chi connectivity index (χ2v) is 7.60. The number of carbonyl (C=O) groups is 1. The van der Waals surface area contributed by atoms with E-state index in [1.165, 1.54) is 5.56 Å². The predicted molar refractivity (Wildman–Crippen MR) is 107 cm³/mol. The van der Waals surface area contributed by atoms with Crippen molar-refractivity contribution in [3.05, 3.63) is 56.3 Å². The second-order valence-electron chi connectivity index (χ2n) is 6.79. The minimum atomic E-state index is -0.117. The molecule has 0 atom stereocenters. The zero-order chi connectivity index (χ0) is 19.1. The molecular weight excluding hydrogens is 385 g/mol. The van der Waals surface area contributed by atoms with Crippen molar-refractivity contribution in [3.8, 4) is 0 Å². The molecule has 2 aliphatic heterocycles. The first-order valence-corrected chi connectivity index (χ1v) is 9.54.